The van der Waals surface area contributed by atoms with Crippen molar-refractivity contribution >= 4 is 29.1 Å². The molecule has 1 fully saturated rings. The molecule has 1 aromatic carbocycles. The molecule has 102 valence electrons. The second kappa shape index (κ2) is 6.22. The zero-order valence-electron chi connectivity index (χ0n) is 11.1. The van der Waals surface area contributed by atoms with E-state index in [2.05, 4.69) is 41.8 Å². The molecule has 1 aliphatic heterocycles. The van der Waals surface area contributed by atoms with E-state index in [1.54, 1.807) is 0 Å². The normalized spacial score (nSPS) is 16.1. The zero-order valence-corrected chi connectivity index (χ0v) is 12.0. The van der Waals surface area contributed by atoms with Crippen molar-refractivity contribution in [2.45, 2.75) is 25.8 Å². The fraction of sp³-hybridized carbons (Fsp3) is 0.400. The fourth-order valence-corrected chi connectivity index (χ4v) is 2.53. The van der Waals surface area contributed by atoms with E-state index < -0.39 is 0 Å². The van der Waals surface area contributed by atoms with Crippen molar-refractivity contribution in [3.8, 4) is 0 Å². The van der Waals surface area contributed by atoms with Crippen molar-refractivity contribution in [2.75, 3.05) is 18.4 Å². The number of halogens is 1. The lowest BCUT2D eigenvalue weighted by atomic mass is 10.1. The minimum Gasteiger partial charge on any atom is -0.367 e. The Labute approximate surface area is 120 Å². The molecule has 1 aromatic heterocycles. The maximum Gasteiger partial charge on any atom is 0.129 e. The summed E-state index contributed by atoms with van der Waals surface area (Å²) in [4.78, 5) is 4.74. The van der Waals surface area contributed by atoms with E-state index in [-0.39, 0.29) is 12.4 Å². The van der Waals surface area contributed by atoms with E-state index in [1.165, 1.54) is 23.8 Å². The van der Waals surface area contributed by atoms with Crippen molar-refractivity contribution < 1.29 is 0 Å². The van der Waals surface area contributed by atoms with Crippen LogP contribution in [0.4, 0.5) is 5.82 Å². The van der Waals surface area contributed by atoms with Gasteiger partial charge >= 0.3 is 0 Å². The van der Waals surface area contributed by atoms with Crippen molar-refractivity contribution in [2.24, 2.45) is 0 Å². The largest absolute Gasteiger partial charge is 0.367 e. The minimum atomic E-state index is 0. The second-order valence-electron chi connectivity index (χ2n) is 5.02. The lowest BCUT2D eigenvalue weighted by Crippen LogP contribution is -2.35. The molecule has 0 amide bonds. The molecule has 1 saturated heterocycles. The average molecular weight is 278 g/mol. The molecule has 3 nitrogen and oxygen atoms in total. The summed E-state index contributed by atoms with van der Waals surface area (Å²) in [7, 11) is 0. The molecule has 19 heavy (non-hydrogen) atoms. The summed E-state index contributed by atoms with van der Waals surface area (Å²) in [5.74, 6) is 1.04. The Morgan fingerprint density at radius 1 is 1.21 bits per heavy atom. The van der Waals surface area contributed by atoms with Gasteiger partial charge in [0.2, 0.25) is 0 Å². The van der Waals surface area contributed by atoms with Gasteiger partial charge in [0.1, 0.15) is 5.82 Å². The molecule has 4 heteroatoms. The van der Waals surface area contributed by atoms with Crippen LogP contribution < -0.4 is 10.6 Å². The van der Waals surface area contributed by atoms with Crippen molar-refractivity contribution in [3.05, 3.63) is 35.9 Å². The van der Waals surface area contributed by atoms with E-state index in [0.717, 1.165) is 24.4 Å². The Morgan fingerprint density at radius 3 is 2.74 bits per heavy atom. The number of hydrogen-bond acceptors (Lipinski definition) is 3. The molecule has 2 aromatic rings. The van der Waals surface area contributed by atoms with Gasteiger partial charge in [0.05, 0.1) is 5.52 Å². The first-order valence-corrected chi connectivity index (χ1v) is 6.66. The van der Waals surface area contributed by atoms with Crippen LogP contribution in [0.25, 0.3) is 10.9 Å². The first-order chi connectivity index (χ1) is 8.83. The smallest absolute Gasteiger partial charge is 0.129 e. The highest BCUT2D eigenvalue weighted by atomic mass is 35.5. The second-order valence-corrected chi connectivity index (χ2v) is 5.02. The van der Waals surface area contributed by atoms with Gasteiger partial charge in [0, 0.05) is 11.4 Å². The van der Waals surface area contributed by atoms with Crippen LogP contribution in [0.5, 0.6) is 0 Å². The number of benzene rings is 1. The fourth-order valence-electron chi connectivity index (χ4n) is 2.53. The van der Waals surface area contributed by atoms with Gasteiger partial charge in [-0.15, -0.1) is 12.4 Å². The van der Waals surface area contributed by atoms with Gasteiger partial charge in [-0.25, -0.2) is 4.98 Å². The van der Waals surface area contributed by atoms with Gasteiger partial charge in [0.25, 0.3) is 0 Å². The third kappa shape index (κ3) is 3.17. The third-order valence-electron chi connectivity index (χ3n) is 3.59. The summed E-state index contributed by atoms with van der Waals surface area (Å²) >= 11 is 0. The number of rotatable bonds is 2. The maximum atomic E-state index is 4.74. The van der Waals surface area contributed by atoms with E-state index in [9.17, 15) is 0 Å². The lowest BCUT2D eigenvalue weighted by Gasteiger charge is -2.25. The molecule has 0 saturated carbocycles. The number of aromatic nitrogens is 1. The van der Waals surface area contributed by atoms with Crippen molar-refractivity contribution in [1.29, 1.82) is 0 Å². The number of piperidine rings is 1. The van der Waals surface area contributed by atoms with Gasteiger partial charge in [-0.05, 0) is 50.6 Å². The molecule has 0 aliphatic carbocycles. The summed E-state index contributed by atoms with van der Waals surface area (Å²) in [5.41, 5.74) is 2.30. The van der Waals surface area contributed by atoms with Gasteiger partial charge in [-0.2, -0.15) is 0 Å². The molecule has 2 N–H and O–H groups in total. The quantitative estimate of drug-likeness (QED) is 0.886. The molecule has 3 rings (SSSR count). The van der Waals surface area contributed by atoms with Gasteiger partial charge < -0.3 is 10.6 Å². The molecule has 0 spiro atoms. The number of hydrogen-bond donors (Lipinski definition) is 2. The van der Waals surface area contributed by atoms with Crippen LogP contribution in [-0.2, 0) is 0 Å². The summed E-state index contributed by atoms with van der Waals surface area (Å²) in [6, 6.07) is 11.1. The van der Waals surface area contributed by atoms with Crippen LogP contribution in [0.3, 0.4) is 0 Å². The van der Waals surface area contributed by atoms with Crippen LogP contribution in [-0.4, -0.2) is 24.1 Å². The Kier molecular flexibility index (Phi) is 4.61. The number of pyridine rings is 1. The van der Waals surface area contributed by atoms with Gasteiger partial charge in [-0.3, -0.25) is 0 Å². The van der Waals surface area contributed by atoms with Crippen LogP contribution >= 0.6 is 12.4 Å². The van der Waals surface area contributed by atoms with E-state index >= 15 is 0 Å². The number of anilines is 1. The predicted octanol–water partition coefficient (Wildman–Crippen LogP) is 3.13. The van der Waals surface area contributed by atoms with Crippen LogP contribution in [0, 0.1) is 6.92 Å². The highest BCUT2D eigenvalue weighted by molar-refractivity contribution is 5.85. The van der Waals surface area contributed by atoms with Crippen molar-refractivity contribution in [1.82, 2.24) is 10.3 Å². The number of fused-ring (bicyclic) bond motifs is 1. The first kappa shape index (κ1) is 14.1. The Morgan fingerprint density at radius 2 is 1.95 bits per heavy atom. The van der Waals surface area contributed by atoms with E-state index in [4.69, 9.17) is 4.98 Å². The zero-order chi connectivity index (χ0) is 12.4. The third-order valence-corrected chi connectivity index (χ3v) is 3.59. The minimum absolute atomic E-state index is 0. The van der Waals surface area contributed by atoms with E-state index in [1.807, 2.05) is 6.07 Å². The summed E-state index contributed by atoms with van der Waals surface area (Å²) in [5, 5.41) is 8.19. The van der Waals surface area contributed by atoms with Gasteiger partial charge in [-0.1, -0.05) is 18.2 Å². The molecule has 1 aliphatic rings. The first-order valence-electron chi connectivity index (χ1n) is 6.66. The molecule has 0 unspecified atom stereocenters. The molecule has 0 atom stereocenters. The van der Waals surface area contributed by atoms with Gasteiger partial charge in [0.15, 0.2) is 0 Å². The summed E-state index contributed by atoms with van der Waals surface area (Å²) in [6.07, 6.45) is 2.35. The van der Waals surface area contributed by atoms with Crippen LogP contribution in [0.1, 0.15) is 18.4 Å². The van der Waals surface area contributed by atoms with Crippen LogP contribution in [0.15, 0.2) is 30.3 Å². The van der Waals surface area contributed by atoms with Crippen molar-refractivity contribution in [3.63, 3.8) is 0 Å². The summed E-state index contributed by atoms with van der Waals surface area (Å²) in [6.45, 7) is 4.33. The SMILES string of the molecule is Cc1cc2ccccc2nc1NC1CCNCC1.Cl. The monoisotopic (exact) mass is 277 g/mol. The Hall–Kier alpha value is -1.32. The molecule has 2 heterocycles. The van der Waals surface area contributed by atoms with Crippen LogP contribution in [0.2, 0.25) is 0 Å². The Balaban J connectivity index is 0.00000133. The average Bonchev–Trinajstić information content (AvgIpc) is 2.41. The predicted molar refractivity (Wildman–Crippen MR) is 83.2 cm³/mol. The standard InChI is InChI=1S/C15H19N3.ClH/c1-11-10-12-4-2-3-5-14(12)18-15(11)17-13-6-8-16-9-7-13;/h2-5,10,13,16H,6-9H2,1H3,(H,17,18);1H. The maximum absolute atomic E-state index is 4.74. The topological polar surface area (TPSA) is 37.0 Å². The van der Waals surface area contributed by atoms with E-state index in [0.29, 0.717) is 6.04 Å². The number of nitrogens with zero attached hydrogens (tertiary/aromatic N) is 1. The summed E-state index contributed by atoms with van der Waals surface area (Å²) < 4.78 is 0. The highest BCUT2D eigenvalue weighted by Crippen LogP contribution is 2.21. The molecule has 0 bridgehead atoms. The lowest BCUT2D eigenvalue weighted by molar-refractivity contribution is 0.478. The molecule has 0 radical (unpaired) electrons. The molecular weight excluding hydrogens is 258 g/mol. The molecular formula is C15H20ClN3. The Bertz CT molecular complexity index is 550. The number of para-hydroxylation sites is 1. The number of aryl methyl sites for hydroxylation is 1. The number of nitrogens with one attached hydrogen (secondary N) is 2. The highest BCUT2D eigenvalue weighted by Gasteiger charge is 2.14.